The molecule has 2 atom stereocenters. The fraction of sp³-hybridized carbons (Fsp3) is 0.818. The third kappa shape index (κ3) is 5.21. The molecule has 1 aliphatic carbocycles. The molecule has 1 saturated carbocycles. The van der Waals surface area contributed by atoms with Crippen LogP contribution in [-0.4, -0.2) is 12.5 Å². The van der Waals surface area contributed by atoms with E-state index in [1.165, 1.54) is 0 Å². The summed E-state index contributed by atoms with van der Waals surface area (Å²) < 4.78 is 40.0. The second kappa shape index (κ2) is 5.54. The average Bonchev–Trinajstić information content (AvgIpc) is 2.12. The van der Waals surface area contributed by atoms with Gasteiger partial charge in [0, 0.05) is 0 Å². The van der Waals surface area contributed by atoms with E-state index in [0.717, 1.165) is 25.7 Å². The Morgan fingerprint density at radius 1 is 1.33 bits per heavy atom. The zero-order valence-corrected chi connectivity index (χ0v) is 8.72. The van der Waals surface area contributed by atoms with Crippen molar-refractivity contribution >= 4 is 0 Å². The zero-order valence-electron chi connectivity index (χ0n) is 8.72. The van der Waals surface area contributed by atoms with Gasteiger partial charge in [-0.25, -0.2) is 0 Å². The maximum absolute atomic E-state index is 12.0. The summed E-state index contributed by atoms with van der Waals surface area (Å²) in [5, 5.41) is 0. The lowest BCUT2D eigenvalue weighted by molar-refractivity contribution is -0.346. The minimum atomic E-state index is -4.48. The van der Waals surface area contributed by atoms with Crippen LogP contribution in [0, 0.1) is 5.92 Å². The topological polar surface area (TPSA) is 9.23 Å². The van der Waals surface area contributed by atoms with Gasteiger partial charge >= 0.3 is 6.36 Å². The van der Waals surface area contributed by atoms with Crippen LogP contribution in [0.5, 0.6) is 0 Å². The molecule has 0 N–H and O–H groups in total. The van der Waals surface area contributed by atoms with E-state index in [0.29, 0.717) is 18.8 Å². The second-order valence-electron chi connectivity index (χ2n) is 4.08. The number of allylic oxidation sites excluding steroid dienone is 1. The van der Waals surface area contributed by atoms with Gasteiger partial charge in [-0.2, -0.15) is 0 Å². The van der Waals surface area contributed by atoms with E-state index in [4.69, 9.17) is 0 Å². The molecule has 0 aromatic rings. The number of alkyl halides is 3. The van der Waals surface area contributed by atoms with Crippen molar-refractivity contribution in [3.05, 3.63) is 12.7 Å². The average molecular weight is 222 g/mol. The summed E-state index contributed by atoms with van der Waals surface area (Å²) in [6.07, 6.45) is 1.43. The molecule has 0 heterocycles. The summed E-state index contributed by atoms with van der Waals surface area (Å²) in [5.41, 5.74) is 0. The van der Waals surface area contributed by atoms with Crippen molar-refractivity contribution in [3.63, 3.8) is 0 Å². The molecule has 4 heteroatoms. The molecule has 0 radical (unpaired) electrons. The third-order valence-corrected chi connectivity index (χ3v) is 2.81. The number of ether oxygens (including phenoxy) is 1. The summed E-state index contributed by atoms with van der Waals surface area (Å²) in [4.78, 5) is 0. The van der Waals surface area contributed by atoms with Crippen molar-refractivity contribution in [2.24, 2.45) is 5.92 Å². The van der Waals surface area contributed by atoms with Crippen LogP contribution in [0.2, 0.25) is 0 Å². The lowest BCUT2D eigenvalue weighted by Gasteiger charge is -2.29. The third-order valence-electron chi connectivity index (χ3n) is 2.81. The Morgan fingerprint density at radius 3 is 2.67 bits per heavy atom. The SMILES string of the molecule is C=CCCC1CCCC(OC(F)(F)F)C1. The van der Waals surface area contributed by atoms with Crippen LogP contribution >= 0.6 is 0 Å². The van der Waals surface area contributed by atoms with Crippen molar-refractivity contribution in [1.82, 2.24) is 0 Å². The van der Waals surface area contributed by atoms with Gasteiger partial charge in [0.2, 0.25) is 0 Å². The van der Waals surface area contributed by atoms with Crippen LogP contribution in [0.4, 0.5) is 13.2 Å². The first kappa shape index (κ1) is 12.6. The maximum atomic E-state index is 12.0. The summed E-state index contributed by atoms with van der Waals surface area (Å²) in [6.45, 7) is 3.61. The predicted octanol–water partition coefficient (Wildman–Crippen LogP) is 4.05. The molecule has 0 amide bonds. The minimum Gasteiger partial charge on any atom is -0.289 e. The van der Waals surface area contributed by atoms with Gasteiger partial charge in [-0.05, 0) is 31.6 Å². The number of halogens is 3. The van der Waals surface area contributed by atoms with Gasteiger partial charge in [-0.1, -0.05) is 18.9 Å². The van der Waals surface area contributed by atoms with Crippen LogP contribution in [0.25, 0.3) is 0 Å². The second-order valence-corrected chi connectivity index (χ2v) is 4.08. The molecule has 2 unspecified atom stereocenters. The van der Waals surface area contributed by atoms with Crippen LogP contribution in [0.15, 0.2) is 12.7 Å². The van der Waals surface area contributed by atoms with Crippen molar-refractivity contribution in [3.8, 4) is 0 Å². The van der Waals surface area contributed by atoms with Crippen LogP contribution in [-0.2, 0) is 4.74 Å². The quantitative estimate of drug-likeness (QED) is 0.652. The van der Waals surface area contributed by atoms with Crippen molar-refractivity contribution in [2.45, 2.75) is 51.0 Å². The van der Waals surface area contributed by atoms with Crippen LogP contribution in [0.1, 0.15) is 38.5 Å². The van der Waals surface area contributed by atoms with Gasteiger partial charge in [-0.15, -0.1) is 19.8 Å². The Morgan fingerprint density at radius 2 is 2.07 bits per heavy atom. The van der Waals surface area contributed by atoms with E-state index < -0.39 is 12.5 Å². The highest BCUT2D eigenvalue weighted by atomic mass is 19.4. The smallest absolute Gasteiger partial charge is 0.289 e. The van der Waals surface area contributed by atoms with E-state index in [9.17, 15) is 13.2 Å². The molecule has 1 aliphatic rings. The summed E-state index contributed by atoms with van der Waals surface area (Å²) >= 11 is 0. The Hall–Kier alpha value is -0.510. The van der Waals surface area contributed by atoms with Crippen molar-refractivity contribution < 1.29 is 17.9 Å². The van der Waals surface area contributed by atoms with Crippen molar-refractivity contribution in [1.29, 1.82) is 0 Å². The first-order chi connectivity index (χ1) is 7.01. The largest absolute Gasteiger partial charge is 0.522 e. The summed E-state index contributed by atoms with van der Waals surface area (Å²) in [5.74, 6) is 0.365. The fourth-order valence-electron chi connectivity index (χ4n) is 2.15. The number of hydrogen-bond acceptors (Lipinski definition) is 1. The molecule has 15 heavy (non-hydrogen) atoms. The molecule has 1 rings (SSSR count). The van der Waals surface area contributed by atoms with Gasteiger partial charge < -0.3 is 0 Å². The molecule has 0 spiro atoms. The highest BCUT2D eigenvalue weighted by Gasteiger charge is 2.35. The van der Waals surface area contributed by atoms with Gasteiger partial charge in [0.1, 0.15) is 0 Å². The molecule has 88 valence electrons. The lowest BCUT2D eigenvalue weighted by Crippen LogP contribution is -2.29. The highest BCUT2D eigenvalue weighted by Crippen LogP contribution is 2.33. The van der Waals surface area contributed by atoms with E-state index in [1.807, 2.05) is 6.08 Å². The van der Waals surface area contributed by atoms with Gasteiger partial charge in [-0.3, -0.25) is 4.74 Å². The van der Waals surface area contributed by atoms with E-state index in [2.05, 4.69) is 11.3 Å². The highest BCUT2D eigenvalue weighted by molar-refractivity contribution is 4.77. The van der Waals surface area contributed by atoms with E-state index in [1.54, 1.807) is 0 Å². The first-order valence-electron chi connectivity index (χ1n) is 5.36. The molecular formula is C11H17F3O. The van der Waals surface area contributed by atoms with E-state index >= 15 is 0 Å². The molecular weight excluding hydrogens is 205 g/mol. The molecule has 1 fully saturated rings. The fourth-order valence-corrected chi connectivity index (χ4v) is 2.15. The Balaban J connectivity index is 2.32. The number of rotatable bonds is 4. The summed E-state index contributed by atoms with van der Waals surface area (Å²) in [6, 6.07) is 0. The van der Waals surface area contributed by atoms with Gasteiger partial charge in [0.15, 0.2) is 0 Å². The molecule has 0 bridgehead atoms. The first-order valence-corrected chi connectivity index (χ1v) is 5.36. The van der Waals surface area contributed by atoms with Crippen molar-refractivity contribution in [2.75, 3.05) is 0 Å². The Bertz CT molecular complexity index is 200. The molecule has 1 nitrogen and oxygen atoms in total. The van der Waals surface area contributed by atoms with Crippen LogP contribution in [0.3, 0.4) is 0 Å². The normalized spacial score (nSPS) is 27.7. The molecule has 0 aliphatic heterocycles. The molecule has 0 aromatic carbocycles. The predicted molar refractivity (Wildman–Crippen MR) is 52.3 cm³/mol. The van der Waals surface area contributed by atoms with E-state index in [-0.39, 0.29) is 0 Å². The minimum absolute atomic E-state index is 0.365. The van der Waals surface area contributed by atoms with Gasteiger partial charge in [0.25, 0.3) is 0 Å². The Kier molecular flexibility index (Phi) is 4.64. The molecule has 0 saturated heterocycles. The lowest BCUT2D eigenvalue weighted by atomic mass is 9.84. The number of hydrogen-bond donors (Lipinski definition) is 0. The standard InChI is InChI=1S/C11H17F3O/c1-2-3-5-9-6-4-7-10(8-9)15-11(12,13)14/h2,9-10H,1,3-8H2. The maximum Gasteiger partial charge on any atom is 0.522 e. The van der Waals surface area contributed by atoms with Crippen LogP contribution < -0.4 is 0 Å². The van der Waals surface area contributed by atoms with Gasteiger partial charge in [0.05, 0.1) is 6.10 Å². The zero-order chi connectivity index (χ0) is 11.3. The summed E-state index contributed by atoms with van der Waals surface area (Å²) in [7, 11) is 0. The molecule has 0 aromatic heterocycles. The monoisotopic (exact) mass is 222 g/mol. The Labute approximate surface area is 88.3 Å².